The molecule has 0 spiro atoms. The summed E-state index contributed by atoms with van der Waals surface area (Å²) in [5.74, 6) is 0.589. The summed E-state index contributed by atoms with van der Waals surface area (Å²) >= 11 is 1.25. The number of para-hydroxylation sites is 2. The minimum atomic E-state index is -0.386. The molecule has 1 amide bonds. The van der Waals surface area contributed by atoms with Crippen LogP contribution in [0.25, 0.3) is 0 Å². The molecule has 1 aromatic heterocycles. The normalized spacial score (nSPS) is 11.7. The first kappa shape index (κ1) is 21.6. The van der Waals surface area contributed by atoms with Crippen molar-refractivity contribution in [2.75, 3.05) is 5.32 Å². The van der Waals surface area contributed by atoms with Gasteiger partial charge in [0.1, 0.15) is 12.4 Å². The molecule has 3 rings (SSSR count). The van der Waals surface area contributed by atoms with Crippen LogP contribution in [0.3, 0.4) is 0 Å². The number of rotatable bonds is 9. The van der Waals surface area contributed by atoms with Gasteiger partial charge in [0.25, 0.3) is 5.56 Å². The van der Waals surface area contributed by atoms with E-state index in [0.717, 1.165) is 17.7 Å². The van der Waals surface area contributed by atoms with Gasteiger partial charge in [-0.15, -0.1) is 0 Å². The van der Waals surface area contributed by atoms with Gasteiger partial charge in [0.2, 0.25) is 5.91 Å². The van der Waals surface area contributed by atoms with Crippen molar-refractivity contribution in [3.05, 3.63) is 82.3 Å². The van der Waals surface area contributed by atoms with Gasteiger partial charge in [0.05, 0.1) is 10.9 Å². The van der Waals surface area contributed by atoms with Crippen LogP contribution in [0, 0.1) is 0 Å². The zero-order chi connectivity index (χ0) is 21.3. The molecule has 2 aromatic carbocycles. The Labute approximate surface area is 180 Å². The fourth-order valence-electron chi connectivity index (χ4n) is 2.91. The summed E-state index contributed by atoms with van der Waals surface area (Å²) in [5, 5.41) is 3.02. The first-order chi connectivity index (χ1) is 14.6. The highest BCUT2D eigenvalue weighted by molar-refractivity contribution is 8.00. The van der Waals surface area contributed by atoms with E-state index < -0.39 is 0 Å². The lowest BCUT2D eigenvalue weighted by molar-refractivity contribution is -0.115. The molecule has 1 unspecified atom stereocenters. The molecule has 0 aliphatic carbocycles. The van der Waals surface area contributed by atoms with Gasteiger partial charge in [-0.3, -0.25) is 9.59 Å². The number of hydrogen-bond acceptors (Lipinski definition) is 5. The molecule has 3 aromatic rings. The molecule has 6 nitrogen and oxygen atoms in total. The second-order valence-corrected chi connectivity index (χ2v) is 7.85. The topological polar surface area (TPSA) is 84.1 Å². The number of carbonyl (C=O) groups excluding carboxylic acids is 1. The summed E-state index contributed by atoms with van der Waals surface area (Å²) in [6.07, 6.45) is 1.43. The van der Waals surface area contributed by atoms with Crippen molar-refractivity contribution in [1.29, 1.82) is 0 Å². The summed E-state index contributed by atoms with van der Waals surface area (Å²) in [6.45, 7) is 4.16. The van der Waals surface area contributed by atoms with Crippen molar-refractivity contribution in [3.63, 3.8) is 0 Å². The number of thioether (sulfide) groups is 1. The Hall–Kier alpha value is -3.06. The molecular weight excluding hydrogens is 398 g/mol. The van der Waals surface area contributed by atoms with E-state index in [1.807, 2.05) is 61.5 Å². The summed E-state index contributed by atoms with van der Waals surface area (Å²) < 4.78 is 5.68. The van der Waals surface area contributed by atoms with Gasteiger partial charge in [-0.25, -0.2) is 4.98 Å². The van der Waals surface area contributed by atoms with Crippen LogP contribution in [0.1, 0.15) is 31.5 Å². The van der Waals surface area contributed by atoms with E-state index in [1.54, 1.807) is 0 Å². The molecule has 0 radical (unpaired) electrons. The van der Waals surface area contributed by atoms with Gasteiger partial charge >= 0.3 is 0 Å². The number of benzene rings is 2. The third kappa shape index (κ3) is 5.97. The zero-order valence-corrected chi connectivity index (χ0v) is 17.9. The lowest BCUT2D eigenvalue weighted by Crippen LogP contribution is -2.26. The van der Waals surface area contributed by atoms with Crippen LogP contribution < -0.4 is 15.6 Å². The fourth-order valence-corrected chi connectivity index (χ4v) is 3.84. The maximum Gasteiger partial charge on any atom is 0.251 e. The summed E-state index contributed by atoms with van der Waals surface area (Å²) in [5.41, 5.74) is 2.13. The van der Waals surface area contributed by atoms with Gasteiger partial charge in [0.15, 0.2) is 5.16 Å². The lowest BCUT2D eigenvalue weighted by atomic mass is 10.1. The molecule has 7 heteroatoms. The first-order valence-corrected chi connectivity index (χ1v) is 10.8. The zero-order valence-electron chi connectivity index (χ0n) is 17.1. The smallest absolute Gasteiger partial charge is 0.251 e. The molecule has 2 N–H and O–H groups in total. The predicted octanol–water partition coefficient (Wildman–Crippen LogP) is 4.42. The Morgan fingerprint density at radius 2 is 1.87 bits per heavy atom. The minimum absolute atomic E-state index is 0.114. The molecule has 0 bridgehead atoms. The number of amides is 1. The Morgan fingerprint density at radius 3 is 2.60 bits per heavy atom. The third-order valence-corrected chi connectivity index (χ3v) is 5.72. The number of ether oxygens (including phenoxy) is 1. The second kappa shape index (κ2) is 10.6. The lowest BCUT2D eigenvalue weighted by Gasteiger charge is -2.16. The van der Waals surface area contributed by atoms with Crippen LogP contribution in [0.2, 0.25) is 0 Å². The summed E-state index contributed by atoms with van der Waals surface area (Å²) in [7, 11) is 0. The van der Waals surface area contributed by atoms with E-state index in [4.69, 9.17) is 4.74 Å². The van der Waals surface area contributed by atoms with Crippen molar-refractivity contribution in [2.24, 2.45) is 0 Å². The number of aryl methyl sites for hydroxylation is 1. The number of hydrogen-bond donors (Lipinski definition) is 2. The number of aromatic nitrogens is 2. The van der Waals surface area contributed by atoms with E-state index >= 15 is 0 Å². The van der Waals surface area contributed by atoms with E-state index in [0.29, 0.717) is 23.0 Å². The summed E-state index contributed by atoms with van der Waals surface area (Å²) in [4.78, 5) is 32.1. The molecule has 0 aliphatic rings. The molecule has 156 valence electrons. The number of nitrogens with zero attached hydrogens (tertiary/aromatic N) is 1. The maximum atomic E-state index is 12.8. The van der Waals surface area contributed by atoms with Crippen LogP contribution in [0.4, 0.5) is 5.69 Å². The van der Waals surface area contributed by atoms with E-state index in [-0.39, 0.29) is 23.3 Å². The second-order valence-electron chi connectivity index (χ2n) is 6.66. The Morgan fingerprint density at radius 1 is 1.13 bits per heavy atom. The third-order valence-electron chi connectivity index (χ3n) is 4.48. The van der Waals surface area contributed by atoms with Crippen molar-refractivity contribution < 1.29 is 9.53 Å². The van der Waals surface area contributed by atoms with Gasteiger partial charge in [-0.2, -0.15) is 0 Å². The highest BCUT2D eigenvalue weighted by Crippen LogP contribution is 2.24. The molecule has 0 fully saturated rings. The number of aromatic amines is 1. The van der Waals surface area contributed by atoms with E-state index in [1.165, 1.54) is 17.8 Å². The number of anilines is 1. The van der Waals surface area contributed by atoms with Crippen molar-refractivity contribution in [2.45, 2.75) is 43.7 Å². The van der Waals surface area contributed by atoms with Crippen LogP contribution in [-0.4, -0.2) is 21.1 Å². The van der Waals surface area contributed by atoms with Gasteiger partial charge in [0, 0.05) is 11.8 Å². The highest BCUT2D eigenvalue weighted by Gasteiger charge is 2.20. The average Bonchev–Trinajstić information content (AvgIpc) is 2.76. The van der Waals surface area contributed by atoms with Crippen LogP contribution in [0.5, 0.6) is 5.75 Å². The molecule has 0 saturated carbocycles. The molecule has 30 heavy (non-hydrogen) atoms. The van der Waals surface area contributed by atoms with Gasteiger partial charge in [-0.1, -0.05) is 62.0 Å². The van der Waals surface area contributed by atoms with E-state index in [9.17, 15) is 9.59 Å². The monoisotopic (exact) mass is 423 g/mol. The van der Waals surface area contributed by atoms with Crippen molar-refractivity contribution in [3.8, 4) is 5.75 Å². The molecule has 1 atom stereocenters. The predicted molar refractivity (Wildman–Crippen MR) is 120 cm³/mol. The fraction of sp³-hybridized carbons (Fsp3) is 0.261. The summed E-state index contributed by atoms with van der Waals surface area (Å²) in [6, 6.07) is 18.5. The molecule has 1 heterocycles. The van der Waals surface area contributed by atoms with Crippen molar-refractivity contribution >= 4 is 23.4 Å². The van der Waals surface area contributed by atoms with Crippen molar-refractivity contribution in [1.82, 2.24) is 9.97 Å². The number of carbonyl (C=O) groups is 1. The number of nitrogens with one attached hydrogen (secondary N) is 2. The number of H-pyrrole nitrogens is 1. The maximum absolute atomic E-state index is 12.8. The minimum Gasteiger partial charge on any atom is -0.487 e. The van der Waals surface area contributed by atoms with Crippen LogP contribution in [0.15, 0.2) is 70.6 Å². The SMILES string of the molecule is CCc1ccccc1NC(=O)C(CC)Sc1nc(COc2ccccc2)cc(=O)[nH]1. The quantitative estimate of drug-likeness (QED) is 0.393. The van der Waals surface area contributed by atoms with Crippen LogP contribution in [-0.2, 0) is 17.8 Å². The van der Waals surface area contributed by atoms with Gasteiger partial charge < -0.3 is 15.0 Å². The standard InChI is InChI=1S/C23H25N3O3S/c1-3-16-10-8-9-13-19(16)25-22(28)20(4-2)30-23-24-17(14-21(27)26-23)15-29-18-11-6-5-7-12-18/h5-14,20H,3-4,15H2,1-2H3,(H,25,28)(H,24,26,27). The largest absolute Gasteiger partial charge is 0.487 e. The highest BCUT2D eigenvalue weighted by atomic mass is 32.2. The van der Waals surface area contributed by atoms with Crippen LogP contribution >= 0.6 is 11.8 Å². The molecule has 0 aliphatic heterocycles. The Balaban J connectivity index is 1.69. The Kier molecular flexibility index (Phi) is 7.68. The molecular formula is C23H25N3O3S. The Bertz CT molecular complexity index is 1040. The van der Waals surface area contributed by atoms with Gasteiger partial charge in [-0.05, 0) is 36.6 Å². The molecule has 0 saturated heterocycles. The average molecular weight is 424 g/mol. The first-order valence-electron chi connectivity index (χ1n) is 9.92. The van der Waals surface area contributed by atoms with E-state index in [2.05, 4.69) is 22.2 Å².